The summed E-state index contributed by atoms with van der Waals surface area (Å²) in [6.07, 6.45) is -1.18. The Labute approximate surface area is 134 Å². The van der Waals surface area contributed by atoms with Crippen molar-refractivity contribution in [1.29, 1.82) is 0 Å². The first-order valence-electron chi connectivity index (χ1n) is 6.86. The Kier molecular flexibility index (Phi) is 5.75. The van der Waals surface area contributed by atoms with Crippen molar-refractivity contribution >= 4 is 5.91 Å². The minimum absolute atomic E-state index is 0.00357. The van der Waals surface area contributed by atoms with Gasteiger partial charge >= 0.3 is 0 Å². The Morgan fingerprint density at radius 1 is 1.04 bits per heavy atom. The molecule has 0 aliphatic heterocycles. The summed E-state index contributed by atoms with van der Waals surface area (Å²) in [4.78, 5) is 11.7. The van der Waals surface area contributed by atoms with Crippen molar-refractivity contribution in [2.45, 2.75) is 6.10 Å². The molecule has 0 aliphatic carbocycles. The van der Waals surface area contributed by atoms with Gasteiger partial charge in [-0.25, -0.2) is 17.6 Å². The third kappa shape index (κ3) is 4.69. The quantitative estimate of drug-likeness (QED) is 0.792. The van der Waals surface area contributed by atoms with E-state index < -0.39 is 35.3 Å². The van der Waals surface area contributed by atoms with Crippen molar-refractivity contribution in [3.63, 3.8) is 0 Å². The molecule has 0 saturated carbocycles. The lowest BCUT2D eigenvalue weighted by Crippen LogP contribution is -2.35. The molecular formula is C16H13F4NO3. The minimum Gasteiger partial charge on any atom is -0.491 e. The van der Waals surface area contributed by atoms with E-state index >= 15 is 0 Å². The maximum Gasteiger partial charge on any atom is 0.254 e. The molecule has 24 heavy (non-hydrogen) atoms. The zero-order valence-corrected chi connectivity index (χ0v) is 12.2. The number of aliphatic hydroxyl groups excluding tert-OH is 1. The summed E-state index contributed by atoms with van der Waals surface area (Å²) >= 11 is 0. The van der Waals surface area contributed by atoms with Crippen LogP contribution in [0.2, 0.25) is 0 Å². The molecule has 4 nitrogen and oxygen atoms in total. The van der Waals surface area contributed by atoms with E-state index in [-0.39, 0.29) is 24.5 Å². The molecule has 2 N–H and O–H groups in total. The number of amides is 1. The molecule has 0 aliphatic rings. The van der Waals surface area contributed by atoms with Crippen LogP contribution in [0.1, 0.15) is 10.4 Å². The first-order chi connectivity index (χ1) is 11.4. The van der Waals surface area contributed by atoms with Crippen LogP contribution in [0.15, 0.2) is 36.4 Å². The van der Waals surface area contributed by atoms with E-state index in [2.05, 4.69) is 5.32 Å². The molecule has 0 aromatic heterocycles. The first-order valence-corrected chi connectivity index (χ1v) is 6.86. The Balaban J connectivity index is 1.83. The number of ether oxygens (including phenoxy) is 1. The minimum atomic E-state index is -1.18. The number of carbonyl (C=O) groups is 1. The molecule has 8 heteroatoms. The van der Waals surface area contributed by atoms with E-state index in [0.29, 0.717) is 6.07 Å². The lowest BCUT2D eigenvalue weighted by molar-refractivity contribution is 0.0840. The molecule has 0 fully saturated rings. The van der Waals surface area contributed by atoms with Crippen molar-refractivity contribution in [3.8, 4) is 5.75 Å². The maximum absolute atomic E-state index is 13.4. The molecule has 0 radical (unpaired) electrons. The maximum atomic E-state index is 13.4. The molecule has 0 heterocycles. The molecule has 1 amide bonds. The van der Waals surface area contributed by atoms with Gasteiger partial charge in [-0.1, -0.05) is 0 Å². The van der Waals surface area contributed by atoms with E-state index in [4.69, 9.17) is 4.74 Å². The molecular weight excluding hydrogens is 330 g/mol. The third-order valence-corrected chi connectivity index (χ3v) is 3.01. The average Bonchev–Trinajstić information content (AvgIpc) is 2.53. The standard InChI is InChI=1S/C16H13F4NO3/c17-9-1-3-12(14(19)5-9)16(23)21-7-10(22)8-24-11-2-4-13(18)15(20)6-11/h1-6,10,22H,7-8H2,(H,21,23)/t10-/m0/s1. The molecule has 0 saturated heterocycles. The largest absolute Gasteiger partial charge is 0.491 e. The number of halogens is 4. The molecule has 0 bridgehead atoms. The molecule has 2 rings (SSSR count). The van der Waals surface area contributed by atoms with Gasteiger partial charge in [0.1, 0.15) is 30.1 Å². The van der Waals surface area contributed by atoms with E-state index in [0.717, 1.165) is 24.3 Å². The summed E-state index contributed by atoms with van der Waals surface area (Å²) in [5.74, 6) is -4.80. The van der Waals surface area contributed by atoms with Gasteiger partial charge in [0.2, 0.25) is 0 Å². The zero-order valence-electron chi connectivity index (χ0n) is 12.2. The highest BCUT2D eigenvalue weighted by Gasteiger charge is 2.14. The second-order valence-corrected chi connectivity index (χ2v) is 4.87. The van der Waals surface area contributed by atoms with Crippen LogP contribution in [-0.2, 0) is 0 Å². The molecule has 1 atom stereocenters. The summed E-state index contributed by atoms with van der Waals surface area (Å²) in [5, 5.41) is 11.9. The van der Waals surface area contributed by atoms with E-state index in [1.54, 1.807) is 0 Å². The van der Waals surface area contributed by atoms with E-state index in [9.17, 15) is 27.5 Å². The lowest BCUT2D eigenvalue weighted by atomic mass is 10.2. The Bertz CT molecular complexity index is 739. The SMILES string of the molecule is O=C(NC[C@H](O)COc1ccc(F)c(F)c1)c1ccc(F)cc1F. The molecule has 2 aromatic carbocycles. The second kappa shape index (κ2) is 7.78. The summed E-state index contributed by atoms with van der Waals surface area (Å²) in [6, 6.07) is 5.34. The molecule has 2 aromatic rings. The van der Waals surface area contributed by atoms with Gasteiger partial charge in [0.15, 0.2) is 11.6 Å². The van der Waals surface area contributed by atoms with Gasteiger partial charge in [-0.2, -0.15) is 0 Å². The number of benzene rings is 2. The van der Waals surface area contributed by atoms with Crippen LogP contribution >= 0.6 is 0 Å². The van der Waals surface area contributed by atoms with Crippen molar-refractivity contribution < 1.29 is 32.2 Å². The number of hydrogen-bond acceptors (Lipinski definition) is 3. The second-order valence-electron chi connectivity index (χ2n) is 4.87. The number of hydrogen-bond donors (Lipinski definition) is 2. The van der Waals surface area contributed by atoms with Gasteiger partial charge in [0.05, 0.1) is 5.56 Å². The smallest absolute Gasteiger partial charge is 0.254 e. The average molecular weight is 343 g/mol. The highest BCUT2D eigenvalue weighted by atomic mass is 19.2. The van der Waals surface area contributed by atoms with Gasteiger partial charge < -0.3 is 15.2 Å². The lowest BCUT2D eigenvalue weighted by Gasteiger charge is -2.13. The monoisotopic (exact) mass is 343 g/mol. The molecule has 0 spiro atoms. The van der Waals surface area contributed by atoms with Crippen molar-refractivity contribution in [2.24, 2.45) is 0 Å². The normalized spacial score (nSPS) is 11.9. The fourth-order valence-corrected chi connectivity index (χ4v) is 1.80. The predicted molar refractivity (Wildman–Crippen MR) is 76.6 cm³/mol. The summed E-state index contributed by atoms with van der Waals surface area (Å²) in [5.41, 5.74) is -0.370. The van der Waals surface area contributed by atoms with Crippen molar-refractivity contribution in [3.05, 3.63) is 65.2 Å². The molecule has 128 valence electrons. The fraction of sp³-hybridized carbons (Fsp3) is 0.188. The summed E-state index contributed by atoms with van der Waals surface area (Å²) in [7, 11) is 0. The third-order valence-electron chi connectivity index (χ3n) is 3.01. The van der Waals surface area contributed by atoms with Crippen LogP contribution in [0, 0.1) is 23.3 Å². The Morgan fingerprint density at radius 3 is 2.46 bits per heavy atom. The Morgan fingerprint density at radius 2 is 1.79 bits per heavy atom. The van der Waals surface area contributed by atoms with E-state index in [1.165, 1.54) is 6.07 Å². The Hall–Kier alpha value is -2.61. The number of nitrogens with one attached hydrogen (secondary N) is 1. The highest BCUT2D eigenvalue weighted by molar-refractivity contribution is 5.94. The van der Waals surface area contributed by atoms with Crippen LogP contribution < -0.4 is 10.1 Å². The van der Waals surface area contributed by atoms with E-state index in [1.807, 2.05) is 0 Å². The summed E-state index contributed by atoms with van der Waals surface area (Å²) in [6.45, 7) is -0.587. The number of rotatable bonds is 6. The van der Waals surface area contributed by atoms with Crippen LogP contribution in [0.4, 0.5) is 17.6 Å². The topological polar surface area (TPSA) is 58.6 Å². The van der Waals surface area contributed by atoms with Crippen molar-refractivity contribution in [1.82, 2.24) is 5.32 Å². The van der Waals surface area contributed by atoms with Crippen LogP contribution in [0.5, 0.6) is 5.75 Å². The van der Waals surface area contributed by atoms with Crippen LogP contribution in [0.3, 0.4) is 0 Å². The zero-order chi connectivity index (χ0) is 17.7. The predicted octanol–water partition coefficient (Wildman–Crippen LogP) is 2.41. The van der Waals surface area contributed by atoms with Crippen LogP contribution in [-0.4, -0.2) is 30.3 Å². The van der Waals surface area contributed by atoms with Crippen molar-refractivity contribution in [2.75, 3.05) is 13.2 Å². The van der Waals surface area contributed by atoms with Gasteiger partial charge in [-0.05, 0) is 24.3 Å². The van der Waals surface area contributed by atoms with Crippen LogP contribution in [0.25, 0.3) is 0 Å². The van der Waals surface area contributed by atoms with Gasteiger partial charge in [0.25, 0.3) is 5.91 Å². The number of carbonyl (C=O) groups excluding carboxylic acids is 1. The van der Waals surface area contributed by atoms with Gasteiger partial charge in [-0.15, -0.1) is 0 Å². The van der Waals surface area contributed by atoms with Gasteiger partial charge in [0, 0.05) is 18.7 Å². The molecule has 0 unspecified atom stereocenters. The summed E-state index contributed by atoms with van der Waals surface area (Å²) < 4.78 is 56.9. The fourth-order valence-electron chi connectivity index (χ4n) is 1.80. The van der Waals surface area contributed by atoms with Gasteiger partial charge in [-0.3, -0.25) is 4.79 Å². The first kappa shape index (κ1) is 17.7. The highest BCUT2D eigenvalue weighted by Crippen LogP contribution is 2.15. The number of aliphatic hydroxyl groups is 1.